The number of methoxy groups -OCH3 is 1. The fourth-order valence-corrected chi connectivity index (χ4v) is 4.44. The first-order valence-electron chi connectivity index (χ1n) is 8.31. The quantitative estimate of drug-likeness (QED) is 0.866. The number of rotatable bonds is 3. The summed E-state index contributed by atoms with van der Waals surface area (Å²) in [6, 6.07) is 8.09. The van der Waals surface area contributed by atoms with Crippen LogP contribution >= 0.6 is 11.8 Å². The second-order valence-electron chi connectivity index (χ2n) is 6.28. The summed E-state index contributed by atoms with van der Waals surface area (Å²) in [5.41, 5.74) is 1.20. The van der Waals surface area contributed by atoms with Crippen LogP contribution in [0.2, 0.25) is 0 Å². The molecule has 1 saturated carbocycles. The van der Waals surface area contributed by atoms with Gasteiger partial charge in [-0.2, -0.15) is 0 Å². The van der Waals surface area contributed by atoms with Gasteiger partial charge in [-0.1, -0.05) is 24.6 Å². The first kappa shape index (κ1) is 15.6. The minimum atomic E-state index is -0.332. The number of nitrogens with one attached hydrogen (secondary N) is 1. The lowest BCUT2D eigenvalue weighted by molar-refractivity contribution is 0.385. The van der Waals surface area contributed by atoms with Gasteiger partial charge in [0.05, 0.1) is 19.2 Å². The predicted molar refractivity (Wildman–Crippen MR) is 96.9 cm³/mol. The van der Waals surface area contributed by atoms with Crippen molar-refractivity contribution in [2.24, 2.45) is 4.99 Å². The van der Waals surface area contributed by atoms with Gasteiger partial charge in [-0.25, -0.2) is 4.79 Å². The minimum absolute atomic E-state index is 0.332. The van der Waals surface area contributed by atoms with E-state index in [0.717, 1.165) is 16.1 Å². The molecule has 126 valence electrons. The van der Waals surface area contributed by atoms with Crippen molar-refractivity contribution in [3.05, 3.63) is 40.2 Å². The molecule has 2 aromatic rings. The van der Waals surface area contributed by atoms with Crippen LogP contribution in [0, 0.1) is 0 Å². The number of ether oxygens (including phenoxy) is 1. The maximum atomic E-state index is 11.8. The first-order valence-corrected chi connectivity index (χ1v) is 9.29. The summed E-state index contributed by atoms with van der Waals surface area (Å²) in [6.07, 6.45) is 4.94. The molecule has 0 amide bonds. The molecular formula is C18H20N2O3S. The molecule has 6 heteroatoms. The van der Waals surface area contributed by atoms with Crippen molar-refractivity contribution in [1.29, 1.82) is 0 Å². The fourth-order valence-electron chi connectivity index (χ4n) is 3.46. The number of nitrogens with zero attached hydrogens (tertiary/aromatic N) is 1. The summed E-state index contributed by atoms with van der Waals surface area (Å²) in [6.45, 7) is 0. The molecule has 24 heavy (non-hydrogen) atoms. The molecular weight excluding hydrogens is 324 g/mol. The molecule has 5 nitrogen and oxygen atoms in total. The van der Waals surface area contributed by atoms with Gasteiger partial charge >= 0.3 is 5.63 Å². The highest BCUT2D eigenvalue weighted by Gasteiger charge is 2.30. The van der Waals surface area contributed by atoms with Crippen molar-refractivity contribution < 1.29 is 9.15 Å². The van der Waals surface area contributed by atoms with E-state index in [9.17, 15) is 4.79 Å². The van der Waals surface area contributed by atoms with Gasteiger partial charge in [0.15, 0.2) is 5.17 Å². The number of fused-ring (bicyclic) bond motifs is 2. The lowest BCUT2D eigenvalue weighted by Crippen LogP contribution is -2.36. The monoisotopic (exact) mass is 344 g/mol. The average molecular weight is 344 g/mol. The van der Waals surface area contributed by atoms with Crippen molar-refractivity contribution in [1.82, 2.24) is 5.32 Å². The van der Waals surface area contributed by atoms with Gasteiger partial charge in [-0.15, -0.1) is 0 Å². The van der Waals surface area contributed by atoms with Crippen molar-refractivity contribution in [2.45, 2.75) is 43.5 Å². The number of hydrogen-bond donors (Lipinski definition) is 1. The highest BCUT2D eigenvalue weighted by Crippen LogP contribution is 2.29. The molecule has 0 saturated heterocycles. The van der Waals surface area contributed by atoms with Crippen LogP contribution in [-0.2, 0) is 5.75 Å². The van der Waals surface area contributed by atoms with Crippen molar-refractivity contribution in [3.63, 3.8) is 0 Å². The number of aliphatic imine (C=N–C) groups is 1. The van der Waals surface area contributed by atoms with Crippen LogP contribution in [-0.4, -0.2) is 24.4 Å². The zero-order chi connectivity index (χ0) is 16.5. The van der Waals surface area contributed by atoms with E-state index in [-0.39, 0.29) is 5.63 Å². The Bertz CT molecular complexity index is 846. The smallest absolute Gasteiger partial charge is 0.336 e. The summed E-state index contributed by atoms with van der Waals surface area (Å²) in [4.78, 5) is 16.6. The van der Waals surface area contributed by atoms with E-state index in [4.69, 9.17) is 14.1 Å². The van der Waals surface area contributed by atoms with E-state index >= 15 is 0 Å². The molecule has 4 rings (SSSR count). The van der Waals surface area contributed by atoms with Crippen LogP contribution in [0.1, 0.15) is 31.2 Å². The SMILES string of the molecule is COc1ccc2c(CSC3=NC4CCCCC4N3)cc(=O)oc2c1. The Morgan fingerprint density at radius 2 is 2.21 bits per heavy atom. The zero-order valence-electron chi connectivity index (χ0n) is 13.6. The third kappa shape index (κ3) is 3.02. The van der Waals surface area contributed by atoms with Gasteiger partial charge < -0.3 is 14.5 Å². The Morgan fingerprint density at radius 1 is 1.33 bits per heavy atom. The van der Waals surface area contributed by atoms with Gasteiger partial charge in [0, 0.05) is 23.3 Å². The van der Waals surface area contributed by atoms with E-state index in [1.54, 1.807) is 31.0 Å². The molecule has 1 aromatic carbocycles. The minimum Gasteiger partial charge on any atom is -0.497 e. The van der Waals surface area contributed by atoms with Gasteiger partial charge in [0.2, 0.25) is 0 Å². The molecule has 2 aliphatic rings. The molecule has 1 fully saturated rings. The summed E-state index contributed by atoms with van der Waals surface area (Å²) in [5, 5.41) is 5.48. The predicted octanol–water partition coefficient (Wildman–Crippen LogP) is 3.31. The van der Waals surface area contributed by atoms with E-state index in [1.807, 2.05) is 12.1 Å². The van der Waals surface area contributed by atoms with Gasteiger partial charge in [0.25, 0.3) is 0 Å². The number of amidine groups is 1. The van der Waals surface area contributed by atoms with Crippen molar-refractivity contribution in [2.75, 3.05) is 7.11 Å². The molecule has 1 aliphatic carbocycles. The second kappa shape index (κ2) is 6.51. The molecule has 1 N–H and O–H groups in total. The normalized spacial score (nSPS) is 22.8. The Hall–Kier alpha value is -1.95. The van der Waals surface area contributed by atoms with Crippen LogP contribution in [0.3, 0.4) is 0 Å². The summed E-state index contributed by atoms with van der Waals surface area (Å²) in [7, 11) is 1.60. The maximum Gasteiger partial charge on any atom is 0.336 e. The number of hydrogen-bond acceptors (Lipinski definition) is 6. The largest absolute Gasteiger partial charge is 0.497 e. The third-order valence-electron chi connectivity index (χ3n) is 4.72. The van der Waals surface area contributed by atoms with Crippen LogP contribution in [0.15, 0.2) is 38.5 Å². The molecule has 0 bridgehead atoms. The lowest BCUT2D eigenvalue weighted by atomic mass is 9.92. The Morgan fingerprint density at radius 3 is 3.04 bits per heavy atom. The molecule has 2 heterocycles. The number of benzene rings is 1. The number of thioether (sulfide) groups is 1. The Balaban J connectivity index is 1.55. The molecule has 2 unspecified atom stereocenters. The highest BCUT2D eigenvalue weighted by molar-refractivity contribution is 8.13. The Labute approximate surface area is 144 Å². The van der Waals surface area contributed by atoms with Crippen molar-refractivity contribution in [3.8, 4) is 5.75 Å². The van der Waals surface area contributed by atoms with Crippen molar-refractivity contribution >= 4 is 27.9 Å². The summed E-state index contributed by atoms with van der Waals surface area (Å²) >= 11 is 1.66. The molecule has 2 atom stereocenters. The van der Waals surface area contributed by atoms with E-state index in [2.05, 4.69) is 5.32 Å². The van der Waals surface area contributed by atoms with Gasteiger partial charge in [-0.05, 0) is 30.5 Å². The molecule has 1 aromatic heterocycles. The summed E-state index contributed by atoms with van der Waals surface area (Å²) in [5.74, 6) is 1.38. The van der Waals surface area contributed by atoms with Crippen LogP contribution in [0.25, 0.3) is 11.0 Å². The standard InChI is InChI=1S/C18H20N2O3S/c1-22-12-6-7-13-11(8-17(21)23-16(13)9-12)10-24-18-19-14-4-2-3-5-15(14)20-18/h6-9,14-15H,2-5,10H2,1H3,(H,19,20). The van der Waals surface area contributed by atoms with Crippen LogP contribution < -0.4 is 15.7 Å². The first-order chi connectivity index (χ1) is 11.7. The summed E-state index contributed by atoms with van der Waals surface area (Å²) < 4.78 is 10.5. The van der Waals surface area contributed by atoms with Gasteiger partial charge in [0.1, 0.15) is 11.3 Å². The van der Waals surface area contributed by atoms with Gasteiger partial charge in [-0.3, -0.25) is 4.99 Å². The second-order valence-corrected chi connectivity index (χ2v) is 7.24. The Kier molecular flexibility index (Phi) is 4.22. The van der Waals surface area contributed by atoms with E-state index in [0.29, 0.717) is 29.2 Å². The van der Waals surface area contributed by atoms with Crippen LogP contribution in [0.4, 0.5) is 0 Å². The lowest BCUT2D eigenvalue weighted by Gasteiger charge is -2.23. The highest BCUT2D eigenvalue weighted by atomic mass is 32.2. The molecule has 0 spiro atoms. The van der Waals surface area contributed by atoms with E-state index in [1.165, 1.54) is 25.7 Å². The molecule has 0 radical (unpaired) electrons. The average Bonchev–Trinajstić information content (AvgIpc) is 3.01. The third-order valence-corrected chi connectivity index (χ3v) is 5.68. The topological polar surface area (TPSA) is 63.8 Å². The molecule has 1 aliphatic heterocycles. The maximum absolute atomic E-state index is 11.8. The fraction of sp³-hybridized carbons (Fsp3) is 0.444. The van der Waals surface area contributed by atoms with Crippen LogP contribution in [0.5, 0.6) is 5.75 Å². The van der Waals surface area contributed by atoms with E-state index < -0.39 is 0 Å². The zero-order valence-corrected chi connectivity index (χ0v) is 14.4.